The van der Waals surface area contributed by atoms with E-state index < -0.39 is 11.1 Å². The normalized spacial score (nSPS) is 22.0. The highest BCUT2D eigenvalue weighted by molar-refractivity contribution is 5.23. The zero-order chi connectivity index (χ0) is 11.8. The maximum absolute atomic E-state index is 11.4. The second-order valence-corrected chi connectivity index (χ2v) is 4.37. The summed E-state index contributed by atoms with van der Waals surface area (Å²) in [7, 11) is 0. The Hall–Kier alpha value is -1.40. The van der Waals surface area contributed by atoms with Crippen LogP contribution in [0.5, 0.6) is 0 Å². The van der Waals surface area contributed by atoms with Crippen molar-refractivity contribution >= 4 is 5.82 Å². The maximum atomic E-state index is 11.4. The average Bonchev–Trinajstić information content (AvgIpc) is 2.97. The van der Waals surface area contributed by atoms with Gasteiger partial charge in [0.2, 0.25) is 0 Å². The zero-order valence-electron chi connectivity index (χ0n) is 8.83. The summed E-state index contributed by atoms with van der Waals surface area (Å²) in [5.41, 5.74) is 4.57. The van der Waals surface area contributed by atoms with Gasteiger partial charge in [-0.25, -0.2) is 4.79 Å². The SMILES string of the molecule is Nc1ccn(CC2CC2(CO)CO)c(=O)n1. The third kappa shape index (κ3) is 1.81. The molecule has 0 bridgehead atoms. The predicted octanol–water partition coefficient (Wildman–Crippen LogP) is -1.18. The molecule has 1 aromatic rings. The Balaban J connectivity index is 2.09. The summed E-state index contributed by atoms with van der Waals surface area (Å²) in [6.07, 6.45) is 2.32. The lowest BCUT2D eigenvalue weighted by atomic mass is 10.1. The van der Waals surface area contributed by atoms with E-state index in [1.807, 2.05) is 0 Å². The van der Waals surface area contributed by atoms with Crippen molar-refractivity contribution in [2.45, 2.75) is 13.0 Å². The predicted molar refractivity (Wildman–Crippen MR) is 57.6 cm³/mol. The first-order valence-electron chi connectivity index (χ1n) is 5.16. The molecule has 0 amide bonds. The third-order valence-electron chi connectivity index (χ3n) is 3.30. The van der Waals surface area contributed by atoms with Gasteiger partial charge in [0.1, 0.15) is 5.82 Å². The first-order chi connectivity index (χ1) is 7.61. The molecule has 88 valence electrons. The van der Waals surface area contributed by atoms with Crippen molar-refractivity contribution < 1.29 is 10.2 Å². The van der Waals surface area contributed by atoms with Gasteiger partial charge in [-0.3, -0.25) is 4.57 Å². The van der Waals surface area contributed by atoms with Crippen LogP contribution in [-0.4, -0.2) is 33.0 Å². The fourth-order valence-corrected chi connectivity index (χ4v) is 1.95. The molecule has 1 atom stereocenters. The minimum Gasteiger partial charge on any atom is -0.396 e. The molecule has 2 rings (SSSR count). The lowest BCUT2D eigenvalue weighted by molar-refractivity contribution is 0.119. The molecule has 1 aliphatic rings. The Bertz CT molecular complexity index is 439. The van der Waals surface area contributed by atoms with E-state index >= 15 is 0 Å². The fourth-order valence-electron chi connectivity index (χ4n) is 1.95. The molecule has 16 heavy (non-hydrogen) atoms. The van der Waals surface area contributed by atoms with Gasteiger partial charge in [-0.2, -0.15) is 4.98 Å². The van der Waals surface area contributed by atoms with E-state index in [0.29, 0.717) is 6.54 Å². The van der Waals surface area contributed by atoms with Crippen LogP contribution in [0.25, 0.3) is 0 Å². The number of hydrogen-bond acceptors (Lipinski definition) is 5. The minimum absolute atomic E-state index is 0.0503. The highest BCUT2D eigenvalue weighted by atomic mass is 16.3. The number of nitrogens with two attached hydrogens (primary N) is 1. The molecule has 0 spiro atoms. The van der Waals surface area contributed by atoms with Crippen LogP contribution >= 0.6 is 0 Å². The van der Waals surface area contributed by atoms with Gasteiger partial charge in [0.25, 0.3) is 0 Å². The van der Waals surface area contributed by atoms with Gasteiger partial charge in [0.05, 0.1) is 13.2 Å². The summed E-state index contributed by atoms with van der Waals surface area (Å²) in [5, 5.41) is 18.3. The van der Waals surface area contributed by atoms with E-state index in [-0.39, 0.29) is 24.9 Å². The largest absolute Gasteiger partial charge is 0.396 e. The number of nitrogen functional groups attached to an aromatic ring is 1. The molecular weight excluding hydrogens is 210 g/mol. The van der Waals surface area contributed by atoms with Gasteiger partial charge in [-0.1, -0.05) is 0 Å². The van der Waals surface area contributed by atoms with Gasteiger partial charge < -0.3 is 15.9 Å². The van der Waals surface area contributed by atoms with E-state index in [9.17, 15) is 4.79 Å². The molecular formula is C10H15N3O3. The highest BCUT2D eigenvalue weighted by Crippen LogP contribution is 2.52. The molecule has 1 fully saturated rings. The zero-order valence-corrected chi connectivity index (χ0v) is 8.83. The van der Waals surface area contributed by atoms with Crippen LogP contribution < -0.4 is 11.4 Å². The lowest BCUT2D eigenvalue weighted by Crippen LogP contribution is -2.26. The molecule has 0 radical (unpaired) electrons. The van der Waals surface area contributed by atoms with E-state index in [1.54, 1.807) is 12.3 Å². The van der Waals surface area contributed by atoms with Crippen LogP contribution in [0.1, 0.15) is 6.42 Å². The van der Waals surface area contributed by atoms with Crippen LogP contribution in [0.3, 0.4) is 0 Å². The Kier molecular flexibility index (Phi) is 2.69. The van der Waals surface area contributed by atoms with E-state index in [1.165, 1.54) is 4.57 Å². The monoisotopic (exact) mass is 225 g/mol. The topological polar surface area (TPSA) is 101 Å². The number of aliphatic hydroxyl groups excluding tert-OH is 2. The van der Waals surface area contributed by atoms with Crippen LogP contribution in [0.2, 0.25) is 0 Å². The number of aromatic nitrogens is 2. The summed E-state index contributed by atoms with van der Waals surface area (Å²) >= 11 is 0. The van der Waals surface area contributed by atoms with Crippen molar-refractivity contribution in [1.29, 1.82) is 0 Å². The highest BCUT2D eigenvalue weighted by Gasteiger charge is 2.53. The van der Waals surface area contributed by atoms with Crippen molar-refractivity contribution in [3.63, 3.8) is 0 Å². The number of nitrogens with zero attached hydrogens (tertiary/aromatic N) is 2. The quantitative estimate of drug-likeness (QED) is 0.598. The summed E-state index contributed by atoms with van der Waals surface area (Å²) in [6, 6.07) is 1.56. The maximum Gasteiger partial charge on any atom is 0.349 e. The van der Waals surface area contributed by atoms with E-state index in [2.05, 4.69) is 4.98 Å². The molecule has 0 aromatic carbocycles. The standard InChI is InChI=1S/C10H15N3O3/c11-8-1-2-13(9(16)12-8)4-7-3-10(7,5-14)6-15/h1-2,7,14-15H,3-6H2,(H2,11,12,16). The van der Waals surface area contributed by atoms with Crippen molar-refractivity contribution in [1.82, 2.24) is 9.55 Å². The molecule has 1 aliphatic carbocycles. The molecule has 1 heterocycles. The Morgan fingerprint density at radius 2 is 2.25 bits per heavy atom. The van der Waals surface area contributed by atoms with Gasteiger partial charge in [0, 0.05) is 18.2 Å². The Morgan fingerprint density at radius 3 is 2.75 bits per heavy atom. The molecule has 1 unspecified atom stereocenters. The Labute approximate surface area is 92.4 Å². The van der Waals surface area contributed by atoms with Crippen molar-refractivity contribution in [2.75, 3.05) is 18.9 Å². The number of hydrogen-bond donors (Lipinski definition) is 3. The van der Waals surface area contributed by atoms with Crippen molar-refractivity contribution in [3.8, 4) is 0 Å². The molecule has 4 N–H and O–H groups in total. The number of aliphatic hydroxyl groups is 2. The number of rotatable bonds is 4. The van der Waals surface area contributed by atoms with Gasteiger partial charge in [-0.15, -0.1) is 0 Å². The summed E-state index contributed by atoms with van der Waals surface area (Å²) in [4.78, 5) is 15.1. The van der Waals surface area contributed by atoms with E-state index in [0.717, 1.165) is 6.42 Å². The molecule has 1 aromatic heterocycles. The summed E-state index contributed by atoms with van der Waals surface area (Å²) in [5.74, 6) is 0.332. The van der Waals surface area contributed by atoms with Crippen LogP contribution in [0.4, 0.5) is 5.82 Å². The number of anilines is 1. The molecule has 0 aliphatic heterocycles. The van der Waals surface area contributed by atoms with Crippen molar-refractivity contribution in [3.05, 3.63) is 22.7 Å². The second kappa shape index (κ2) is 3.88. The van der Waals surface area contributed by atoms with Gasteiger partial charge >= 0.3 is 5.69 Å². The molecule has 6 heteroatoms. The molecule has 6 nitrogen and oxygen atoms in total. The Morgan fingerprint density at radius 1 is 1.56 bits per heavy atom. The van der Waals surface area contributed by atoms with Crippen LogP contribution in [0.15, 0.2) is 17.1 Å². The first kappa shape index (κ1) is 11.1. The summed E-state index contributed by atoms with van der Waals surface area (Å²) in [6.45, 7) is 0.365. The summed E-state index contributed by atoms with van der Waals surface area (Å²) < 4.78 is 1.45. The molecule has 1 saturated carbocycles. The lowest BCUT2D eigenvalue weighted by Gasteiger charge is -2.11. The van der Waals surface area contributed by atoms with Crippen LogP contribution in [0, 0.1) is 11.3 Å². The van der Waals surface area contributed by atoms with Gasteiger partial charge in [0.15, 0.2) is 0 Å². The fraction of sp³-hybridized carbons (Fsp3) is 0.600. The van der Waals surface area contributed by atoms with Gasteiger partial charge in [-0.05, 0) is 18.4 Å². The average molecular weight is 225 g/mol. The smallest absolute Gasteiger partial charge is 0.349 e. The van der Waals surface area contributed by atoms with E-state index in [4.69, 9.17) is 15.9 Å². The minimum atomic E-state index is -0.416. The second-order valence-electron chi connectivity index (χ2n) is 4.37. The van der Waals surface area contributed by atoms with Crippen LogP contribution in [-0.2, 0) is 6.54 Å². The van der Waals surface area contributed by atoms with Crippen molar-refractivity contribution in [2.24, 2.45) is 11.3 Å². The third-order valence-corrected chi connectivity index (χ3v) is 3.30. The molecule has 0 saturated heterocycles. The first-order valence-corrected chi connectivity index (χ1v) is 5.16.